The molecule has 1 aromatic carbocycles. The van der Waals surface area contributed by atoms with Crippen molar-refractivity contribution in [3.05, 3.63) is 17.7 Å². The maximum atomic E-state index is 5.40. The second kappa shape index (κ2) is 6.36. The van der Waals surface area contributed by atoms with Crippen LogP contribution in [-0.2, 0) is 6.54 Å². The molecule has 0 aliphatic carbocycles. The first-order valence-electron chi connectivity index (χ1n) is 6.48. The Morgan fingerprint density at radius 1 is 1.10 bits per heavy atom. The Bertz CT molecular complexity index is 503. The number of hydrogen-bond donors (Lipinski definition) is 1. The molecule has 1 N–H and O–H groups in total. The van der Waals surface area contributed by atoms with E-state index in [0.717, 1.165) is 30.4 Å². The molecule has 0 unspecified atom stereocenters. The lowest BCUT2D eigenvalue weighted by atomic mass is 10.1. The molecular weight excluding hydrogens is 258 g/mol. The molecule has 1 aliphatic rings. The van der Waals surface area contributed by atoms with Gasteiger partial charge in [-0.15, -0.1) is 0 Å². The fourth-order valence-corrected chi connectivity index (χ4v) is 2.13. The van der Waals surface area contributed by atoms with Crippen LogP contribution < -0.4 is 19.5 Å². The molecule has 1 heterocycles. The third-order valence-electron chi connectivity index (χ3n) is 3.28. The second-order valence-electron chi connectivity index (χ2n) is 4.50. The minimum absolute atomic E-state index is 0.618. The highest BCUT2D eigenvalue weighted by molar-refractivity contribution is 5.81. The van der Waals surface area contributed by atoms with Gasteiger partial charge in [0.2, 0.25) is 0 Å². The molecule has 1 aliphatic heterocycles. The number of nitrogens with one attached hydrogen (secondary N) is 1. The van der Waals surface area contributed by atoms with Gasteiger partial charge in [0.25, 0.3) is 0 Å². The third kappa shape index (κ3) is 2.89. The Labute approximate surface area is 119 Å². The predicted octanol–water partition coefficient (Wildman–Crippen LogP) is 1.10. The first-order chi connectivity index (χ1) is 9.69. The van der Waals surface area contributed by atoms with Crippen molar-refractivity contribution in [2.24, 2.45) is 4.99 Å². The lowest BCUT2D eigenvalue weighted by Crippen LogP contribution is -2.35. The summed E-state index contributed by atoms with van der Waals surface area (Å²) >= 11 is 0. The topological polar surface area (TPSA) is 55.3 Å². The number of guanidine groups is 1. The van der Waals surface area contributed by atoms with Crippen LogP contribution in [0, 0.1) is 0 Å². The minimum Gasteiger partial charge on any atom is -0.496 e. The van der Waals surface area contributed by atoms with Gasteiger partial charge in [-0.2, -0.15) is 0 Å². The van der Waals surface area contributed by atoms with Gasteiger partial charge in [-0.25, -0.2) is 0 Å². The molecule has 0 spiro atoms. The average molecular weight is 279 g/mol. The van der Waals surface area contributed by atoms with E-state index in [1.165, 1.54) is 0 Å². The van der Waals surface area contributed by atoms with Crippen molar-refractivity contribution < 1.29 is 14.2 Å². The zero-order valence-electron chi connectivity index (χ0n) is 12.4. The van der Waals surface area contributed by atoms with Crippen LogP contribution in [0.5, 0.6) is 17.2 Å². The molecule has 0 bridgehead atoms. The molecule has 0 saturated heterocycles. The van der Waals surface area contributed by atoms with Crippen LogP contribution in [0.15, 0.2) is 17.1 Å². The number of rotatable bonds is 5. The van der Waals surface area contributed by atoms with Crippen LogP contribution in [0.1, 0.15) is 5.56 Å². The second-order valence-corrected chi connectivity index (χ2v) is 4.50. The van der Waals surface area contributed by atoms with Gasteiger partial charge < -0.3 is 24.4 Å². The van der Waals surface area contributed by atoms with Gasteiger partial charge in [-0.05, 0) is 6.07 Å². The predicted molar refractivity (Wildman–Crippen MR) is 77.9 cm³/mol. The number of benzene rings is 1. The Morgan fingerprint density at radius 2 is 1.75 bits per heavy atom. The van der Waals surface area contributed by atoms with Crippen LogP contribution in [0.2, 0.25) is 0 Å². The molecule has 0 saturated carbocycles. The van der Waals surface area contributed by atoms with E-state index in [9.17, 15) is 0 Å². The van der Waals surface area contributed by atoms with Crippen LogP contribution >= 0.6 is 0 Å². The van der Waals surface area contributed by atoms with Gasteiger partial charge in [0, 0.05) is 31.8 Å². The summed E-state index contributed by atoms with van der Waals surface area (Å²) in [7, 11) is 6.89. The zero-order chi connectivity index (χ0) is 14.5. The Kier molecular flexibility index (Phi) is 4.55. The van der Waals surface area contributed by atoms with Gasteiger partial charge in [-0.1, -0.05) is 0 Å². The van der Waals surface area contributed by atoms with Crippen LogP contribution in [0.4, 0.5) is 0 Å². The number of aliphatic imine (C=N–C) groups is 1. The van der Waals surface area contributed by atoms with Crippen molar-refractivity contribution in [1.82, 2.24) is 10.2 Å². The Hall–Kier alpha value is -2.11. The lowest BCUT2D eigenvalue weighted by molar-refractivity contribution is 0.347. The minimum atomic E-state index is 0.618. The van der Waals surface area contributed by atoms with Crippen LogP contribution in [0.3, 0.4) is 0 Å². The van der Waals surface area contributed by atoms with E-state index >= 15 is 0 Å². The fraction of sp³-hybridized carbons (Fsp3) is 0.500. The average Bonchev–Trinajstić information content (AvgIpc) is 2.89. The summed E-state index contributed by atoms with van der Waals surface area (Å²) < 4.78 is 16.0. The first-order valence-corrected chi connectivity index (χ1v) is 6.48. The lowest BCUT2D eigenvalue weighted by Gasteiger charge is -2.18. The molecule has 0 radical (unpaired) electrons. The molecule has 0 aromatic heterocycles. The number of nitrogens with zero attached hydrogens (tertiary/aromatic N) is 2. The number of methoxy groups -OCH3 is 3. The molecule has 110 valence electrons. The highest BCUT2D eigenvalue weighted by atomic mass is 16.5. The van der Waals surface area contributed by atoms with Crippen molar-refractivity contribution in [1.29, 1.82) is 0 Å². The molecule has 20 heavy (non-hydrogen) atoms. The summed E-state index contributed by atoms with van der Waals surface area (Å²) in [5.74, 6) is 3.01. The van der Waals surface area contributed by atoms with Crippen molar-refractivity contribution in [2.75, 3.05) is 41.5 Å². The number of likely N-dealkylation sites (N-methyl/N-ethyl adjacent to an activating group) is 1. The quantitative estimate of drug-likeness (QED) is 0.875. The van der Waals surface area contributed by atoms with Gasteiger partial charge in [-0.3, -0.25) is 4.99 Å². The largest absolute Gasteiger partial charge is 0.496 e. The smallest absolute Gasteiger partial charge is 0.194 e. The van der Waals surface area contributed by atoms with E-state index < -0.39 is 0 Å². The van der Waals surface area contributed by atoms with E-state index in [2.05, 4.69) is 15.2 Å². The molecule has 1 aromatic rings. The number of ether oxygens (including phenoxy) is 3. The highest BCUT2D eigenvalue weighted by Gasteiger charge is 2.15. The summed E-state index contributed by atoms with van der Waals surface area (Å²) in [6.07, 6.45) is 0. The summed E-state index contributed by atoms with van der Waals surface area (Å²) in [6.45, 7) is 2.40. The van der Waals surface area contributed by atoms with Gasteiger partial charge >= 0.3 is 0 Å². The molecule has 0 atom stereocenters. The monoisotopic (exact) mass is 279 g/mol. The van der Waals surface area contributed by atoms with Crippen LogP contribution in [0.25, 0.3) is 0 Å². The molecule has 6 heteroatoms. The van der Waals surface area contributed by atoms with E-state index in [1.807, 2.05) is 19.2 Å². The molecule has 2 rings (SSSR count). The summed E-state index contributed by atoms with van der Waals surface area (Å²) in [5, 5.41) is 3.31. The normalized spacial score (nSPS) is 14.0. The highest BCUT2D eigenvalue weighted by Crippen LogP contribution is 2.34. The van der Waals surface area contributed by atoms with Gasteiger partial charge in [0.1, 0.15) is 5.75 Å². The zero-order valence-corrected chi connectivity index (χ0v) is 12.4. The van der Waals surface area contributed by atoms with Crippen molar-refractivity contribution in [2.45, 2.75) is 6.54 Å². The van der Waals surface area contributed by atoms with E-state index in [-0.39, 0.29) is 0 Å². The number of hydrogen-bond acceptors (Lipinski definition) is 6. The standard InChI is InChI=1S/C14H21N3O3/c1-17-6-5-15-14(17)16-9-10-7-12(19-3)13(20-4)8-11(10)18-2/h7-8H,5-6,9H2,1-4H3,(H,15,16). The van der Waals surface area contributed by atoms with Crippen molar-refractivity contribution in [3.63, 3.8) is 0 Å². The maximum absolute atomic E-state index is 5.40. The Morgan fingerprint density at radius 3 is 2.30 bits per heavy atom. The Balaban J connectivity index is 2.17. The SMILES string of the molecule is COc1cc(OC)c(OC)cc1CNC1=NCCN1C. The van der Waals surface area contributed by atoms with Gasteiger partial charge in [0.15, 0.2) is 17.5 Å². The molecular formula is C14H21N3O3. The summed E-state index contributed by atoms with van der Waals surface area (Å²) in [6, 6.07) is 3.75. The van der Waals surface area contributed by atoms with Gasteiger partial charge in [0.05, 0.1) is 27.9 Å². The molecule has 6 nitrogen and oxygen atoms in total. The molecule has 0 amide bonds. The van der Waals surface area contributed by atoms with Crippen molar-refractivity contribution >= 4 is 5.96 Å². The van der Waals surface area contributed by atoms with Crippen LogP contribution in [-0.4, -0.2) is 52.3 Å². The molecule has 0 fully saturated rings. The fourth-order valence-electron chi connectivity index (χ4n) is 2.13. The third-order valence-corrected chi connectivity index (χ3v) is 3.28. The first kappa shape index (κ1) is 14.3. The van der Waals surface area contributed by atoms with E-state index in [0.29, 0.717) is 18.0 Å². The maximum Gasteiger partial charge on any atom is 0.194 e. The summed E-state index contributed by atoms with van der Waals surface area (Å²) in [5.41, 5.74) is 0.994. The van der Waals surface area contributed by atoms with E-state index in [1.54, 1.807) is 21.3 Å². The summed E-state index contributed by atoms with van der Waals surface area (Å²) in [4.78, 5) is 6.49. The van der Waals surface area contributed by atoms with E-state index in [4.69, 9.17) is 14.2 Å². The van der Waals surface area contributed by atoms with Crippen molar-refractivity contribution in [3.8, 4) is 17.2 Å².